The van der Waals surface area contributed by atoms with Crippen molar-refractivity contribution in [3.05, 3.63) is 35.0 Å². The van der Waals surface area contributed by atoms with Crippen molar-refractivity contribution < 1.29 is 10.2 Å². The zero-order valence-corrected chi connectivity index (χ0v) is 15.9. The molecule has 2 aliphatic heterocycles. The highest BCUT2D eigenvalue weighted by molar-refractivity contribution is 5.86. The third kappa shape index (κ3) is 3.41. The number of hydrogen-bond donors (Lipinski definition) is 3. The Morgan fingerprint density at radius 1 is 1.08 bits per heavy atom. The lowest BCUT2D eigenvalue weighted by molar-refractivity contribution is -0.0357. The van der Waals surface area contributed by atoms with Crippen LogP contribution < -0.4 is 0 Å². The van der Waals surface area contributed by atoms with Crippen LogP contribution in [-0.2, 0) is 6.54 Å². The lowest BCUT2D eigenvalue weighted by Crippen LogP contribution is -2.55. The molecule has 0 saturated carbocycles. The second kappa shape index (κ2) is 7.31. The second-order valence-corrected chi connectivity index (χ2v) is 8.15. The van der Waals surface area contributed by atoms with E-state index in [-0.39, 0.29) is 18.2 Å². The van der Waals surface area contributed by atoms with Crippen molar-refractivity contribution in [1.82, 2.24) is 14.8 Å². The maximum atomic E-state index is 10.7. The minimum Gasteiger partial charge on any atom is -0.393 e. The van der Waals surface area contributed by atoms with Gasteiger partial charge in [-0.1, -0.05) is 18.2 Å². The highest BCUT2D eigenvalue weighted by Gasteiger charge is 2.34. The Morgan fingerprint density at radius 3 is 2.54 bits per heavy atom. The Morgan fingerprint density at radius 2 is 1.85 bits per heavy atom. The van der Waals surface area contributed by atoms with Crippen molar-refractivity contribution in [2.45, 2.75) is 57.9 Å². The van der Waals surface area contributed by atoms with Gasteiger partial charge in [-0.2, -0.15) is 0 Å². The number of aryl methyl sites for hydroxylation is 2. The van der Waals surface area contributed by atoms with E-state index in [2.05, 4.69) is 46.8 Å². The van der Waals surface area contributed by atoms with Gasteiger partial charge in [0.1, 0.15) is 0 Å². The summed E-state index contributed by atoms with van der Waals surface area (Å²) in [6, 6.07) is 6.69. The number of fused-ring (bicyclic) bond motifs is 1. The number of β-amino-alcohol motifs (C(OH)–C–C–N with tert-alkyl or cyclic N) is 1. The Labute approximate surface area is 155 Å². The number of para-hydroxylation sites is 1. The van der Waals surface area contributed by atoms with Gasteiger partial charge in [0.25, 0.3) is 0 Å². The van der Waals surface area contributed by atoms with Gasteiger partial charge in [0, 0.05) is 55.4 Å². The van der Waals surface area contributed by atoms with Crippen LogP contribution in [0.3, 0.4) is 0 Å². The molecule has 4 rings (SSSR count). The SMILES string of the molecule is Cc1c(CN2CC[C@@H](N3CCC(O)CC3)[C@H](O)C2)[nH]c2c(C)cccc12. The van der Waals surface area contributed by atoms with Crippen LogP contribution in [0, 0.1) is 13.8 Å². The number of rotatable bonds is 3. The maximum Gasteiger partial charge on any atom is 0.0822 e. The van der Waals surface area contributed by atoms with Crippen molar-refractivity contribution in [2.75, 3.05) is 26.2 Å². The minimum absolute atomic E-state index is 0.156. The molecule has 1 aromatic heterocycles. The summed E-state index contributed by atoms with van der Waals surface area (Å²) in [6.45, 7) is 8.74. The zero-order valence-electron chi connectivity index (χ0n) is 15.9. The molecule has 5 nitrogen and oxygen atoms in total. The molecule has 3 heterocycles. The first kappa shape index (κ1) is 18.0. The zero-order chi connectivity index (χ0) is 18.3. The smallest absolute Gasteiger partial charge is 0.0822 e. The lowest BCUT2D eigenvalue weighted by Gasteiger charge is -2.43. The Bertz CT molecular complexity index is 764. The van der Waals surface area contributed by atoms with E-state index in [0.29, 0.717) is 0 Å². The molecule has 142 valence electrons. The largest absolute Gasteiger partial charge is 0.393 e. The fourth-order valence-corrected chi connectivity index (χ4v) is 4.71. The number of aliphatic hydroxyl groups excluding tert-OH is 2. The monoisotopic (exact) mass is 357 g/mol. The molecule has 0 radical (unpaired) electrons. The quantitative estimate of drug-likeness (QED) is 0.788. The second-order valence-electron chi connectivity index (χ2n) is 8.15. The summed E-state index contributed by atoms with van der Waals surface area (Å²) in [5.74, 6) is 0. The van der Waals surface area contributed by atoms with Gasteiger partial charge in [-0.15, -0.1) is 0 Å². The summed E-state index contributed by atoms with van der Waals surface area (Å²) in [7, 11) is 0. The van der Waals surface area contributed by atoms with Crippen molar-refractivity contribution in [3.8, 4) is 0 Å². The topological polar surface area (TPSA) is 62.7 Å². The molecule has 2 atom stereocenters. The van der Waals surface area contributed by atoms with E-state index in [4.69, 9.17) is 0 Å². The molecule has 2 fully saturated rings. The molecule has 1 aromatic carbocycles. The van der Waals surface area contributed by atoms with E-state index in [1.54, 1.807) is 0 Å². The molecule has 5 heteroatoms. The van der Waals surface area contributed by atoms with E-state index in [9.17, 15) is 10.2 Å². The van der Waals surface area contributed by atoms with Gasteiger partial charge in [0.05, 0.1) is 12.2 Å². The normalized spacial score (nSPS) is 26.6. The van der Waals surface area contributed by atoms with Gasteiger partial charge in [-0.25, -0.2) is 0 Å². The van der Waals surface area contributed by atoms with Crippen LogP contribution in [0.1, 0.15) is 36.1 Å². The number of likely N-dealkylation sites (tertiary alicyclic amines) is 2. The number of nitrogens with one attached hydrogen (secondary N) is 1. The minimum atomic E-state index is -0.314. The van der Waals surface area contributed by atoms with Crippen LogP contribution in [0.2, 0.25) is 0 Å². The van der Waals surface area contributed by atoms with Crippen molar-refractivity contribution in [3.63, 3.8) is 0 Å². The van der Waals surface area contributed by atoms with E-state index in [1.165, 1.54) is 27.7 Å². The molecular formula is C21H31N3O2. The van der Waals surface area contributed by atoms with Crippen LogP contribution in [0.25, 0.3) is 10.9 Å². The van der Waals surface area contributed by atoms with Crippen molar-refractivity contribution in [2.24, 2.45) is 0 Å². The van der Waals surface area contributed by atoms with Gasteiger partial charge in [-0.3, -0.25) is 9.80 Å². The molecule has 0 amide bonds. The van der Waals surface area contributed by atoms with Crippen LogP contribution in [0.4, 0.5) is 0 Å². The highest BCUT2D eigenvalue weighted by Crippen LogP contribution is 2.27. The van der Waals surface area contributed by atoms with Gasteiger partial charge in [-0.05, 0) is 44.2 Å². The predicted octanol–water partition coefficient (Wildman–Crippen LogP) is 2.18. The summed E-state index contributed by atoms with van der Waals surface area (Å²) >= 11 is 0. The van der Waals surface area contributed by atoms with Gasteiger partial charge in [0.2, 0.25) is 0 Å². The number of piperidine rings is 2. The summed E-state index contributed by atoms with van der Waals surface area (Å²) in [6.07, 6.45) is 2.19. The van der Waals surface area contributed by atoms with Crippen LogP contribution >= 0.6 is 0 Å². The van der Waals surface area contributed by atoms with Gasteiger partial charge >= 0.3 is 0 Å². The molecule has 0 unspecified atom stereocenters. The van der Waals surface area contributed by atoms with E-state index in [0.717, 1.165) is 52.0 Å². The molecule has 0 aliphatic carbocycles. The summed E-state index contributed by atoms with van der Waals surface area (Å²) in [4.78, 5) is 8.36. The molecule has 2 aliphatic rings. The third-order valence-corrected chi connectivity index (χ3v) is 6.39. The molecule has 2 aromatic rings. The Balaban J connectivity index is 1.42. The third-order valence-electron chi connectivity index (χ3n) is 6.39. The van der Waals surface area contributed by atoms with Gasteiger partial charge in [0.15, 0.2) is 0 Å². The molecule has 26 heavy (non-hydrogen) atoms. The van der Waals surface area contributed by atoms with Crippen LogP contribution in [-0.4, -0.2) is 69.4 Å². The standard InChI is InChI=1S/C21H31N3O2/c1-14-4-3-5-17-15(2)18(22-21(14)17)12-23-9-8-19(20(26)13-23)24-10-6-16(25)7-11-24/h3-5,16,19-20,22,25-26H,6-13H2,1-2H3/t19-,20-/m1/s1. The summed E-state index contributed by atoms with van der Waals surface area (Å²) in [5.41, 5.74) is 5.11. The number of hydrogen-bond acceptors (Lipinski definition) is 4. The molecule has 0 bridgehead atoms. The summed E-state index contributed by atoms with van der Waals surface area (Å²) < 4.78 is 0. The number of aliphatic hydroxyl groups is 2. The van der Waals surface area contributed by atoms with Crippen LogP contribution in [0.15, 0.2) is 18.2 Å². The highest BCUT2D eigenvalue weighted by atomic mass is 16.3. The lowest BCUT2D eigenvalue weighted by atomic mass is 9.96. The average Bonchev–Trinajstić information content (AvgIpc) is 2.94. The van der Waals surface area contributed by atoms with E-state index < -0.39 is 0 Å². The first-order valence-electron chi connectivity index (χ1n) is 9.92. The predicted molar refractivity (Wildman–Crippen MR) is 104 cm³/mol. The number of aromatic nitrogens is 1. The first-order chi connectivity index (χ1) is 12.5. The molecule has 3 N–H and O–H groups in total. The fourth-order valence-electron chi connectivity index (χ4n) is 4.71. The van der Waals surface area contributed by atoms with Gasteiger partial charge < -0.3 is 15.2 Å². The number of nitrogens with zero attached hydrogens (tertiary/aromatic N) is 2. The molecule has 0 spiro atoms. The van der Waals surface area contributed by atoms with E-state index in [1.807, 2.05) is 0 Å². The fraction of sp³-hybridized carbons (Fsp3) is 0.619. The maximum absolute atomic E-state index is 10.7. The van der Waals surface area contributed by atoms with Crippen molar-refractivity contribution in [1.29, 1.82) is 0 Å². The number of H-pyrrole nitrogens is 1. The average molecular weight is 357 g/mol. The van der Waals surface area contributed by atoms with E-state index >= 15 is 0 Å². The number of aromatic amines is 1. The Kier molecular flexibility index (Phi) is 5.06. The first-order valence-corrected chi connectivity index (χ1v) is 9.92. The molecule has 2 saturated heterocycles. The number of benzene rings is 1. The Hall–Kier alpha value is -1.40. The van der Waals surface area contributed by atoms with Crippen molar-refractivity contribution >= 4 is 10.9 Å². The van der Waals surface area contributed by atoms with Crippen LogP contribution in [0.5, 0.6) is 0 Å². The summed E-state index contributed by atoms with van der Waals surface area (Å²) in [5, 5.41) is 21.7. The molecular weight excluding hydrogens is 326 g/mol.